The number of likely N-dealkylation sites (N-methyl/N-ethyl adjacent to an activating group) is 1. The lowest BCUT2D eigenvalue weighted by Gasteiger charge is -2.34. The van der Waals surface area contributed by atoms with Gasteiger partial charge in [0.1, 0.15) is 0 Å². The molecule has 0 spiro atoms. The number of carbonyl (C=O) groups is 1. The second-order valence-corrected chi connectivity index (χ2v) is 6.30. The van der Waals surface area contributed by atoms with E-state index in [0.717, 1.165) is 38.2 Å². The van der Waals surface area contributed by atoms with Gasteiger partial charge >= 0.3 is 6.03 Å². The standard InChI is InChI=1S/C16H25ClN4O/c1-20(2)12-11-19-16(22)21(15-7-9-18-10-8-15)14-5-3-13(17)4-6-14/h3-6,15,18H,7-12H2,1-2H3,(H,19,22). The van der Waals surface area contributed by atoms with Crippen molar-refractivity contribution in [3.05, 3.63) is 29.3 Å². The van der Waals surface area contributed by atoms with Crippen LogP contribution in [0.1, 0.15) is 12.8 Å². The minimum Gasteiger partial charge on any atom is -0.336 e. The van der Waals surface area contributed by atoms with Crippen molar-refractivity contribution in [2.24, 2.45) is 0 Å². The molecule has 22 heavy (non-hydrogen) atoms. The number of nitrogens with one attached hydrogen (secondary N) is 2. The Kier molecular flexibility index (Phi) is 6.49. The van der Waals surface area contributed by atoms with E-state index in [-0.39, 0.29) is 12.1 Å². The maximum Gasteiger partial charge on any atom is 0.322 e. The zero-order valence-corrected chi connectivity index (χ0v) is 14.1. The summed E-state index contributed by atoms with van der Waals surface area (Å²) in [6, 6.07) is 7.68. The van der Waals surface area contributed by atoms with E-state index in [1.807, 2.05) is 43.3 Å². The molecule has 1 heterocycles. The Morgan fingerprint density at radius 2 is 1.91 bits per heavy atom. The van der Waals surface area contributed by atoms with Crippen molar-refractivity contribution in [3.63, 3.8) is 0 Å². The number of anilines is 1. The molecule has 1 fully saturated rings. The van der Waals surface area contributed by atoms with Gasteiger partial charge in [0.25, 0.3) is 0 Å². The Hall–Kier alpha value is -1.30. The van der Waals surface area contributed by atoms with Crippen molar-refractivity contribution >= 4 is 23.3 Å². The smallest absolute Gasteiger partial charge is 0.322 e. The van der Waals surface area contributed by atoms with Crippen LogP contribution in [0, 0.1) is 0 Å². The van der Waals surface area contributed by atoms with E-state index in [9.17, 15) is 4.79 Å². The maximum absolute atomic E-state index is 12.7. The zero-order chi connectivity index (χ0) is 15.9. The Labute approximate surface area is 137 Å². The van der Waals surface area contributed by atoms with E-state index in [2.05, 4.69) is 15.5 Å². The number of rotatable bonds is 5. The summed E-state index contributed by atoms with van der Waals surface area (Å²) in [5, 5.41) is 7.04. The lowest BCUT2D eigenvalue weighted by Crippen LogP contribution is -2.51. The zero-order valence-electron chi connectivity index (χ0n) is 13.3. The highest BCUT2D eigenvalue weighted by atomic mass is 35.5. The summed E-state index contributed by atoms with van der Waals surface area (Å²) in [6.07, 6.45) is 1.92. The molecule has 0 bridgehead atoms. The van der Waals surface area contributed by atoms with Crippen LogP contribution < -0.4 is 15.5 Å². The highest BCUT2D eigenvalue weighted by molar-refractivity contribution is 6.30. The fraction of sp³-hybridized carbons (Fsp3) is 0.562. The molecule has 6 heteroatoms. The van der Waals surface area contributed by atoms with Crippen LogP contribution in [-0.4, -0.2) is 57.2 Å². The number of nitrogens with zero attached hydrogens (tertiary/aromatic N) is 2. The van der Waals surface area contributed by atoms with Gasteiger partial charge in [-0.25, -0.2) is 4.79 Å². The number of benzene rings is 1. The summed E-state index contributed by atoms with van der Waals surface area (Å²) < 4.78 is 0. The first-order valence-corrected chi connectivity index (χ1v) is 8.14. The molecule has 1 aromatic rings. The Balaban J connectivity index is 2.09. The SMILES string of the molecule is CN(C)CCNC(=O)N(c1ccc(Cl)cc1)C1CCNCC1. The minimum absolute atomic E-state index is 0.0314. The highest BCUT2D eigenvalue weighted by Crippen LogP contribution is 2.23. The molecule has 0 aromatic heterocycles. The number of halogens is 1. The van der Waals surface area contributed by atoms with Gasteiger partial charge < -0.3 is 15.5 Å². The van der Waals surface area contributed by atoms with Crippen molar-refractivity contribution in [3.8, 4) is 0 Å². The summed E-state index contributed by atoms with van der Waals surface area (Å²) in [7, 11) is 3.99. The Morgan fingerprint density at radius 3 is 2.50 bits per heavy atom. The van der Waals surface area contributed by atoms with Crippen LogP contribution in [0.4, 0.5) is 10.5 Å². The van der Waals surface area contributed by atoms with E-state index >= 15 is 0 Å². The largest absolute Gasteiger partial charge is 0.336 e. The van der Waals surface area contributed by atoms with Gasteiger partial charge in [-0.05, 0) is 64.3 Å². The van der Waals surface area contributed by atoms with E-state index in [1.54, 1.807) is 0 Å². The number of hydrogen-bond donors (Lipinski definition) is 2. The topological polar surface area (TPSA) is 47.6 Å². The van der Waals surface area contributed by atoms with Gasteiger partial charge in [0, 0.05) is 29.8 Å². The van der Waals surface area contributed by atoms with E-state index in [4.69, 9.17) is 11.6 Å². The molecule has 1 aromatic carbocycles. The molecule has 1 aliphatic heterocycles. The summed E-state index contributed by atoms with van der Waals surface area (Å²) in [6.45, 7) is 3.35. The van der Waals surface area contributed by atoms with Gasteiger partial charge in [-0.2, -0.15) is 0 Å². The first-order valence-electron chi connectivity index (χ1n) is 7.76. The normalized spacial score (nSPS) is 15.8. The van der Waals surface area contributed by atoms with Gasteiger partial charge in [0.05, 0.1) is 0 Å². The number of hydrogen-bond acceptors (Lipinski definition) is 3. The van der Waals surface area contributed by atoms with Crippen LogP contribution in [0.15, 0.2) is 24.3 Å². The number of amides is 2. The first-order chi connectivity index (χ1) is 10.6. The summed E-state index contributed by atoms with van der Waals surface area (Å²) in [4.78, 5) is 16.6. The molecule has 2 rings (SSSR count). The highest BCUT2D eigenvalue weighted by Gasteiger charge is 2.26. The summed E-state index contributed by atoms with van der Waals surface area (Å²) >= 11 is 5.97. The molecular formula is C16H25ClN4O. The lowest BCUT2D eigenvalue weighted by atomic mass is 10.0. The van der Waals surface area contributed by atoms with Gasteiger partial charge in [-0.1, -0.05) is 11.6 Å². The van der Waals surface area contributed by atoms with E-state index in [1.165, 1.54) is 0 Å². The molecule has 1 saturated heterocycles. The Morgan fingerprint density at radius 1 is 1.27 bits per heavy atom. The van der Waals surface area contributed by atoms with Crippen LogP contribution in [-0.2, 0) is 0 Å². The predicted octanol–water partition coefficient (Wildman–Crippen LogP) is 2.17. The fourth-order valence-electron chi connectivity index (χ4n) is 2.63. The predicted molar refractivity (Wildman–Crippen MR) is 91.8 cm³/mol. The molecule has 0 atom stereocenters. The maximum atomic E-state index is 12.7. The van der Waals surface area contributed by atoms with Gasteiger partial charge in [-0.3, -0.25) is 4.90 Å². The summed E-state index contributed by atoms with van der Waals surface area (Å²) in [5.74, 6) is 0. The molecule has 0 unspecified atom stereocenters. The van der Waals surface area contributed by atoms with E-state index in [0.29, 0.717) is 11.6 Å². The third-order valence-electron chi connectivity index (χ3n) is 3.83. The molecule has 0 saturated carbocycles. The van der Waals surface area contributed by atoms with Crippen molar-refractivity contribution in [2.45, 2.75) is 18.9 Å². The third-order valence-corrected chi connectivity index (χ3v) is 4.08. The minimum atomic E-state index is -0.0314. The second-order valence-electron chi connectivity index (χ2n) is 5.86. The van der Waals surface area contributed by atoms with Crippen molar-refractivity contribution in [1.82, 2.24) is 15.5 Å². The van der Waals surface area contributed by atoms with Crippen LogP contribution in [0.25, 0.3) is 0 Å². The molecule has 2 N–H and O–H groups in total. The number of carbonyl (C=O) groups excluding carboxylic acids is 1. The summed E-state index contributed by atoms with van der Waals surface area (Å²) in [5.41, 5.74) is 0.902. The van der Waals surface area contributed by atoms with Crippen LogP contribution in [0.3, 0.4) is 0 Å². The number of urea groups is 1. The molecule has 5 nitrogen and oxygen atoms in total. The van der Waals surface area contributed by atoms with Crippen molar-refractivity contribution in [1.29, 1.82) is 0 Å². The van der Waals surface area contributed by atoms with Crippen LogP contribution >= 0.6 is 11.6 Å². The molecule has 0 aliphatic carbocycles. The fourth-order valence-corrected chi connectivity index (χ4v) is 2.76. The van der Waals surface area contributed by atoms with Crippen LogP contribution in [0.2, 0.25) is 5.02 Å². The molecule has 122 valence electrons. The third kappa shape index (κ3) is 4.87. The average molecular weight is 325 g/mol. The average Bonchev–Trinajstić information content (AvgIpc) is 2.50. The molecule has 0 radical (unpaired) electrons. The van der Waals surface area contributed by atoms with Gasteiger partial charge in [0.15, 0.2) is 0 Å². The quantitative estimate of drug-likeness (QED) is 0.872. The second kappa shape index (κ2) is 8.36. The van der Waals surface area contributed by atoms with Crippen LogP contribution in [0.5, 0.6) is 0 Å². The number of piperidine rings is 1. The monoisotopic (exact) mass is 324 g/mol. The lowest BCUT2D eigenvalue weighted by molar-refractivity contribution is 0.240. The molecule has 1 aliphatic rings. The van der Waals surface area contributed by atoms with E-state index < -0.39 is 0 Å². The van der Waals surface area contributed by atoms with Gasteiger partial charge in [-0.15, -0.1) is 0 Å². The van der Waals surface area contributed by atoms with Crippen molar-refractivity contribution in [2.75, 3.05) is 45.2 Å². The first kappa shape index (κ1) is 17.1. The molecular weight excluding hydrogens is 300 g/mol. The van der Waals surface area contributed by atoms with Gasteiger partial charge in [0.2, 0.25) is 0 Å². The van der Waals surface area contributed by atoms with Crippen molar-refractivity contribution < 1.29 is 4.79 Å². The molecule has 2 amide bonds. The Bertz CT molecular complexity index is 472.